The Labute approximate surface area is 117 Å². The van der Waals surface area contributed by atoms with E-state index >= 15 is 0 Å². The molecule has 0 radical (unpaired) electrons. The number of carbonyl (C=O) groups excluding carboxylic acids is 1. The Hall–Kier alpha value is -1.92. The lowest BCUT2D eigenvalue weighted by atomic mass is 9.78. The number of piperidine rings is 1. The zero-order valence-electron chi connectivity index (χ0n) is 11.9. The number of aromatic nitrogens is 3. The van der Waals surface area contributed by atoms with Gasteiger partial charge in [-0.25, -0.2) is 4.68 Å². The largest absolute Gasteiger partial charge is 0.480 e. The quantitative estimate of drug-likeness (QED) is 0.889. The van der Waals surface area contributed by atoms with E-state index < -0.39 is 5.97 Å². The van der Waals surface area contributed by atoms with Crippen LogP contribution in [0.3, 0.4) is 0 Å². The fourth-order valence-electron chi connectivity index (χ4n) is 2.38. The van der Waals surface area contributed by atoms with Crippen molar-refractivity contribution in [1.29, 1.82) is 0 Å². The second-order valence-electron chi connectivity index (χ2n) is 5.65. The van der Waals surface area contributed by atoms with E-state index in [2.05, 4.69) is 24.2 Å². The number of amides is 1. The minimum absolute atomic E-state index is 0.167. The Balaban J connectivity index is 1.98. The monoisotopic (exact) mass is 280 g/mol. The van der Waals surface area contributed by atoms with Gasteiger partial charge in [-0.1, -0.05) is 25.5 Å². The van der Waals surface area contributed by atoms with Gasteiger partial charge in [-0.05, 0) is 18.3 Å². The molecule has 1 aliphatic heterocycles. The maximum absolute atomic E-state index is 12.3. The lowest BCUT2D eigenvalue weighted by molar-refractivity contribution is -0.137. The summed E-state index contributed by atoms with van der Waals surface area (Å²) < 4.78 is 1.16. The van der Waals surface area contributed by atoms with Gasteiger partial charge in [0.2, 0.25) is 0 Å². The summed E-state index contributed by atoms with van der Waals surface area (Å²) >= 11 is 0. The maximum Gasteiger partial charge on any atom is 0.325 e. The van der Waals surface area contributed by atoms with Gasteiger partial charge in [0.25, 0.3) is 5.91 Å². The highest BCUT2D eigenvalue weighted by molar-refractivity contribution is 5.92. The Morgan fingerprint density at radius 1 is 1.40 bits per heavy atom. The van der Waals surface area contributed by atoms with Crippen LogP contribution in [-0.2, 0) is 11.3 Å². The molecule has 0 spiro atoms. The molecule has 110 valence electrons. The Kier molecular flexibility index (Phi) is 4.06. The fourth-order valence-corrected chi connectivity index (χ4v) is 2.38. The first-order valence-electron chi connectivity index (χ1n) is 6.85. The van der Waals surface area contributed by atoms with Crippen molar-refractivity contribution in [2.45, 2.75) is 39.7 Å². The van der Waals surface area contributed by atoms with Crippen molar-refractivity contribution in [3.05, 3.63) is 11.9 Å². The molecule has 0 aliphatic carbocycles. The number of aliphatic carboxylic acids is 1. The molecule has 20 heavy (non-hydrogen) atoms. The molecular formula is C13H20N4O3. The van der Waals surface area contributed by atoms with Crippen LogP contribution in [0.2, 0.25) is 0 Å². The number of carbonyl (C=O) groups is 2. The van der Waals surface area contributed by atoms with Crippen LogP contribution in [0.1, 0.15) is 43.6 Å². The predicted molar refractivity (Wildman–Crippen MR) is 71.2 cm³/mol. The fraction of sp³-hybridized carbons (Fsp3) is 0.692. The third kappa shape index (κ3) is 3.15. The van der Waals surface area contributed by atoms with Crippen LogP contribution < -0.4 is 0 Å². The molecular weight excluding hydrogens is 260 g/mol. The van der Waals surface area contributed by atoms with E-state index in [1.165, 1.54) is 6.20 Å². The van der Waals surface area contributed by atoms with E-state index in [0.717, 1.165) is 37.0 Å². The number of likely N-dealkylation sites (tertiary alicyclic amines) is 1. The molecule has 1 aromatic rings. The maximum atomic E-state index is 12.3. The summed E-state index contributed by atoms with van der Waals surface area (Å²) in [5, 5.41) is 16.1. The van der Waals surface area contributed by atoms with E-state index in [0.29, 0.717) is 5.41 Å². The van der Waals surface area contributed by atoms with Gasteiger partial charge < -0.3 is 10.0 Å². The summed E-state index contributed by atoms with van der Waals surface area (Å²) in [5.74, 6) is -1.18. The van der Waals surface area contributed by atoms with Gasteiger partial charge in [0, 0.05) is 13.1 Å². The Bertz CT molecular complexity index is 503. The number of carboxylic acid groups (broad SMARTS) is 1. The SMILES string of the molecule is CCC1(C)CCN(C(=O)c2cn(CC(=O)O)nn2)CC1. The van der Waals surface area contributed by atoms with Crippen LogP contribution in [-0.4, -0.2) is 50.0 Å². The van der Waals surface area contributed by atoms with Crippen molar-refractivity contribution in [2.75, 3.05) is 13.1 Å². The van der Waals surface area contributed by atoms with Gasteiger partial charge in [0.05, 0.1) is 6.20 Å². The van der Waals surface area contributed by atoms with Crippen LogP contribution in [0.5, 0.6) is 0 Å². The van der Waals surface area contributed by atoms with E-state index in [-0.39, 0.29) is 18.1 Å². The molecule has 0 bridgehead atoms. The van der Waals surface area contributed by atoms with Crippen LogP contribution in [0.15, 0.2) is 6.20 Å². The van der Waals surface area contributed by atoms with Gasteiger partial charge in [-0.15, -0.1) is 5.10 Å². The van der Waals surface area contributed by atoms with Crippen molar-refractivity contribution in [3.8, 4) is 0 Å². The van der Waals surface area contributed by atoms with Crippen molar-refractivity contribution in [1.82, 2.24) is 19.9 Å². The molecule has 0 aromatic carbocycles. The molecule has 7 heteroatoms. The van der Waals surface area contributed by atoms with E-state index in [1.54, 1.807) is 4.90 Å². The summed E-state index contributed by atoms with van der Waals surface area (Å²) in [4.78, 5) is 24.6. The minimum atomic E-state index is -1.01. The number of hydrogen-bond acceptors (Lipinski definition) is 4. The summed E-state index contributed by atoms with van der Waals surface area (Å²) in [5.41, 5.74) is 0.531. The minimum Gasteiger partial charge on any atom is -0.480 e. The number of carboxylic acids is 1. The topological polar surface area (TPSA) is 88.3 Å². The molecule has 0 saturated carbocycles. The van der Waals surface area contributed by atoms with Gasteiger partial charge in [0.1, 0.15) is 6.54 Å². The number of nitrogens with zero attached hydrogens (tertiary/aromatic N) is 4. The predicted octanol–water partition coefficient (Wildman–Crippen LogP) is 1.01. The van der Waals surface area contributed by atoms with Gasteiger partial charge in [-0.3, -0.25) is 9.59 Å². The highest BCUT2D eigenvalue weighted by atomic mass is 16.4. The van der Waals surface area contributed by atoms with Crippen LogP contribution >= 0.6 is 0 Å². The lowest BCUT2D eigenvalue weighted by Gasteiger charge is -2.38. The average molecular weight is 280 g/mol. The molecule has 0 unspecified atom stereocenters. The zero-order chi connectivity index (χ0) is 14.8. The van der Waals surface area contributed by atoms with Gasteiger partial charge in [-0.2, -0.15) is 0 Å². The van der Waals surface area contributed by atoms with Gasteiger partial charge in [0.15, 0.2) is 5.69 Å². The summed E-state index contributed by atoms with van der Waals surface area (Å²) in [6, 6.07) is 0. The van der Waals surface area contributed by atoms with Crippen LogP contribution in [0, 0.1) is 5.41 Å². The molecule has 1 N–H and O–H groups in total. The Morgan fingerprint density at radius 3 is 2.60 bits per heavy atom. The smallest absolute Gasteiger partial charge is 0.325 e. The first kappa shape index (κ1) is 14.5. The third-order valence-electron chi connectivity index (χ3n) is 4.17. The number of rotatable bonds is 4. The normalized spacial score (nSPS) is 18.0. The first-order valence-corrected chi connectivity index (χ1v) is 6.85. The van der Waals surface area contributed by atoms with E-state index in [9.17, 15) is 9.59 Å². The first-order chi connectivity index (χ1) is 9.43. The molecule has 2 rings (SSSR count). The molecule has 7 nitrogen and oxygen atoms in total. The Morgan fingerprint density at radius 2 is 2.05 bits per heavy atom. The van der Waals surface area contributed by atoms with Crippen molar-refractivity contribution in [3.63, 3.8) is 0 Å². The molecule has 1 saturated heterocycles. The molecule has 2 heterocycles. The van der Waals surface area contributed by atoms with Crippen LogP contribution in [0.4, 0.5) is 0 Å². The summed E-state index contributed by atoms with van der Waals surface area (Å²) in [7, 11) is 0. The van der Waals surface area contributed by atoms with Crippen molar-refractivity contribution >= 4 is 11.9 Å². The molecule has 1 aliphatic rings. The van der Waals surface area contributed by atoms with E-state index in [1.807, 2.05) is 0 Å². The second kappa shape index (κ2) is 5.60. The summed E-state index contributed by atoms with van der Waals surface area (Å²) in [6.07, 6.45) is 4.48. The van der Waals surface area contributed by atoms with E-state index in [4.69, 9.17) is 5.11 Å². The lowest BCUT2D eigenvalue weighted by Crippen LogP contribution is -2.42. The molecule has 0 atom stereocenters. The number of hydrogen-bond donors (Lipinski definition) is 1. The molecule has 1 fully saturated rings. The standard InChI is InChI=1S/C13H20N4O3/c1-3-13(2)4-6-16(7-5-13)12(20)10-8-17(15-14-10)9-11(18)19/h8H,3-7,9H2,1-2H3,(H,18,19). The van der Waals surface area contributed by atoms with Gasteiger partial charge >= 0.3 is 5.97 Å². The summed E-state index contributed by atoms with van der Waals surface area (Å²) in [6.45, 7) is 5.57. The molecule has 1 aromatic heterocycles. The van der Waals surface area contributed by atoms with Crippen molar-refractivity contribution < 1.29 is 14.7 Å². The third-order valence-corrected chi connectivity index (χ3v) is 4.17. The average Bonchev–Trinajstić information content (AvgIpc) is 2.86. The molecule has 1 amide bonds. The van der Waals surface area contributed by atoms with Crippen LogP contribution in [0.25, 0.3) is 0 Å². The second-order valence-corrected chi connectivity index (χ2v) is 5.65. The zero-order valence-corrected chi connectivity index (χ0v) is 11.9. The highest BCUT2D eigenvalue weighted by Gasteiger charge is 2.31. The highest BCUT2D eigenvalue weighted by Crippen LogP contribution is 2.34. The van der Waals surface area contributed by atoms with Crippen molar-refractivity contribution in [2.24, 2.45) is 5.41 Å².